The highest BCUT2D eigenvalue weighted by Gasteiger charge is 2.44. The Morgan fingerprint density at radius 2 is 1.77 bits per heavy atom. The van der Waals surface area contributed by atoms with Crippen molar-refractivity contribution in [1.82, 2.24) is 0 Å². The number of hydrogen-bond acceptors (Lipinski definition) is 6. The van der Waals surface area contributed by atoms with Crippen molar-refractivity contribution >= 4 is 0 Å². The highest BCUT2D eigenvalue weighted by Crippen LogP contribution is 2.32. The number of halogens is 3. The lowest BCUT2D eigenvalue weighted by Gasteiger charge is -2.39. The van der Waals surface area contributed by atoms with Gasteiger partial charge in [0.05, 0.1) is 12.2 Å². The number of ether oxygens (including phenoxy) is 2. The summed E-state index contributed by atoms with van der Waals surface area (Å²) in [6.45, 7) is -0.659. The van der Waals surface area contributed by atoms with Gasteiger partial charge < -0.3 is 29.9 Å². The Bertz CT molecular complexity index is 507. The van der Waals surface area contributed by atoms with Crippen LogP contribution >= 0.6 is 0 Å². The van der Waals surface area contributed by atoms with Gasteiger partial charge in [0.15, 0.2) is 0 Å². The first-order valence-corrected chi connectivity index (χ1v) is 6.38. The van der Waals surface area contributed by atoms with E-state index in [2.05, 4.69) is 0 Å². The smallest absolute Gasteiger partial charge is 0.416 e. The second kappa shape index (κ2) is 6.39. The monoisotopic (exact) mass is 324 g/mol. The van der Waals surface area contributed by atoms with Gasteiger partial charge in [-0.2, -0.15) is 13.2 Å². The van der Waals surface area contributed by atoms with E-state index in [1.807, 2.05) is 0 Å². The zero-order valence-corrected chi connectivity index (χ0v) is 11.1. The molecule has 1 aromatic rings. The molecule has 1 aromatic carbocycles. The summed E-state index contributed by atoms with van der Waals surface area (Å²) in [5, 5.41) is 37.9. The highest BCUT2D eigenvalue weighted by molar-refractivity contribution is 5.30. The lowest BCUT2D eigenvalue weighted by Crippen LogP contribution is -2.60. The average Bonchev–Trinajstić information content (AvgIpc) is 2.47. The summed E-state index contributed by atoms with van der Waals surface area (Å²) in [6.07, 6.45) is -12.2. The third-order valence-electron chi connectivity index (χ3n) is 3.26. The second-order valence-electron chi connectivity index (χ2n) is 4.84. The molecule has 6 nitrogen and oxygen atoms in total. The molecule has 9 heteroatoms. The van der Waals surface area contributed by atoms with Crippen LogP contribution in [0.5, 0.6) is 5.75 Å². The lowest BCUT2D eigenvalue weighted by molar-refractivity contribution is -0.277. The Morgan fingerprint density at radius 1 is 1.09 bits per heavy atom. The summed E-state index contributed by atoms with van der Waals surface area (Å²) in [4.78, 5) is 0. The summed E-state index contributed by atoms with van der Waals surface area (Å²) in [7, 11) is 0. The van der Waals surface area contributed by atoms with Crippen molar-refractivity contribution in [3.8, 4) is 5.75 Å². The number of aliphatic hydroxyl groups is 4. The van der Waals surface area contributed by atoms with Crippen molar-refractivity contribution in [2.45, 2.75) is 36.9 Å². The molecule has 22 heavy (non-hydrogen) atoms. The minimum Gasteiger partial charge on any atom is -0.462 e. The molecule has 0 spiro atoms. The Balaban J connectivity index is 2.16. The molecule has 1 fully saturated rings. The predicted molar refractivity (Wildman–Crippen MR) is 65.8 cm³/mol. The van der Waals surface area contributed by atoms with Crippen LogP contribution in [0.2, 0.25) is 0 Å². The summed E-state index contributed by atoms with van der Waals surface area (Å²) < 4.78 is 48.0. The number of rotatable bonds is 3. The first-order valence-electron chi connectivity index (χ1n) is 6.38. The number of benzene rings is 1. The third kappa shape index (κ3) is 3.50. The SMILES string of the molecule is OC[C@H]1O[C@@H](Oc2cccc(C(F)(F)F)c2)[C@H](O)[C@@H](O)[C@@H]1O. The largest absolute Gasteiger partial charge is 0.462 e. The van der Waals surface area contributed by atoms with Crippen LogP contribution in [0.15, 0.2) is 24.3 Å². The predicted octanol–water partition coefficient (Wildman–Crippen LogP) is -0.116. The maximum atomic E-state index is 12.6. The normalized spacial score (nSPS) is 32.8. The van der Waals surface area contributed by atoms with Crippen LogP contribution < -0.4 is 4.74 Å². The standard InChI is InChI=1S/C13H15F3O6/c14-13(15,16)6-2-1-3-7(4-6)21-12-11(20)10(19)9(18)8(5-17)22-12/h1-4,8-12,17-20H,5H2/t8-,9-,10+,11-,12-/m1/s1. The van der Waals surface area contributed by atoms with E-state index in [9.17, 15) is 28.5 Å². The highest BCUT2D eigenvalue weighted by atomic mass is 19.4. The maximum absolute atomic E-state index is 12.6. The zero-order chi connectivity index (χ0) is 16.5. The molecular weight excluding hydrogens is 309 g/mol. The van der Waals surface area contributed by atoms with Crippen molar-refractivity contribution in [3.05, 3.63) is 29.8 Å². The molecule has 2 rings (SSSR count). The van der Waals surface area contributed by atoms with Crippen molar-refractivity contribution in [2.24, 2.45) is 0 Å². The van der Waals surface area contributed by atoms with Crippen LogP contribution in [-0.2, 0) is 10.9 Å². The average molecular weight is 324 g/mol. The summed E-state index contributed by atoms with van der Waals surface area (Å²) >= 11 is 0. The van der Waals surface area contributed by atoms with E-state index in [0.717, 1.165) is 12.1 Å². The quantitative estimate of drug-likeness (QED) is 0.619. The summed E-state index contributed by atoms with van der Waals surface area (Å²) in [6, 6.07) is 3.89. The van der Waals surface area contributed by atoms with Crippen LogP contribution in [0.1, 0.15) is 5.56 Å². The van der Waals surface area contributed by atoms with Crippen molar-refractivity contribution in [2.75, 3.05) is 6.61 Å². The van der Waals surface area contributed by atoms with Gasteiger partial charge in [0, 0.05) is 0 Å². The Labute approximate surface area is 123 Å². The minimum atomic E-state index is -4.56. The third-order valence-corrected chi connectivity index (χ3v) is 3.26. The van der Waals surface area contributed by atoms with Crippen LogP contribution in [0, 0.1) is 0 Å². The Hall–Kier alpha value is -1.39. The Morgan fingerprint density at radius 3 is 2.36 bits per heavy atom. The minimum absolute atomic E-state index is 0.237. The summed E-state index contributed by atoms with van der Waals surface area (Å²) in [5.41, 5.74) is -0.949. The number of hydrogen-bond donors (Lipinski definition) is 4. The molecule has 1 aliphatic rings. The molecule has 5 atom stereocenters. The molecular formula is C13H15F3O6. The molecule has 1 aliphatic heterocycles. The topological polar surface area (TPSA) is 99.4 Å². The molecule has 0 amide bonds. The Kier molecular flexibility index (Phi) is 4.93. The molecule has 1 heterocycles. The molecule has 0 saturated carbocycles. The van der Waals surface area contributed by atoms with Gasteiger partial charge in [-0.15, -0.1) is 0 Å². The molecule has 0 aromatic heterocycles. The van der Waals surface area contributed by atoms with Gasteiger partial charge in [-0.3, -0.25) is 0 Å². The van der Waals surface area contributed by atoms with Crippen LogP contribution in [-0.4, -0.2) is 57.7 Å². The fraction of sp³-hybridized carbons (Fsp3) is 0.538. The fourth-order valence-electron chi connectivity index (χ4n) is 2.04. The maximum Gasteiger partial charge on any atom is 0.416 e. The molecule has 0 bridgehead atoms. The van der Waals surface area contributed by atoms with Crippen LogP contribution in [0.4, 0.5) is 13.2 Å². The van der Waals surface area contributed by atoms with E-state index in [-0.39, 0.29) is 5.75 Å². The first-order chi connectivity index (χ1) is 10.2. The molecule has 4 N–H and O–H groups in total. The zero-order valence-electron chi connectivity index (χ0n) is 11.1. The van der Waals surface area contributed by atoms with Gasteiger partial charge in [0.2, 0.25) is 6.29 Å². The molecule has 0 aliphatic carbocycles. The van der Waals surface area contributed by atoms with E-state index < -0.39 is 49.1 Å². The van der Waals surface area contributed by atoms with E-state index in [1.165, 1.54) is 6.07 Å². The lowest BCUT2D eigenvalue weighted by atomic mass is 9.99. The fourth-order valence-corrected chi connectivity index (χ4v) is 2.04. The number of alkyl halides is 3. The first kappa shape index (κ1) is 17.0. The van der Waals surface area contributed by atoms with Crippen molar-refractivity contribution in [3.63, 3.8) is 0 Å². The summed E-state index contributed by atoms with van der Waals surface area (Å²) in [5.74, 6) is -0.237. The molecule has 1 saturated heterocycles. The van der Waals surface area contributed by atoms with Gasteiger partial charge >= 0.3 is 6.18 Å². The van der Waals surface area contributed by atoms with Gasteiger partial charge in [-0.1, -0.05) is 6.07 Å². The van der Waals surface area contributed by atoms with Gasteiger partial charge in [-0.05, 0) is 18.2 Å². The number of aliphatic hydroxyl groups excluding tert-OH is 4. The van der Waals surface area contributed by atoms with Crippen LogP contribution in [0.25, 0.3) is 0 Å². The van der Waals surface area contributed by atoms with Gasteiger partial charge in [-0.25, -0.2) is 0 Å². The second-order valence-corrected chi connectivity index (χ2v) is 4.84. The molecule has 0 unspecified atom stereocenters. The van der Waals surface area contributed by atoms with E-state index in [1.54, 1.807) is 0 Å². The van der Waals surface area contributed by atoms with Gasteiger partial charge in [0.1, 0.15) is 30.2 Å². The van der Waals surface area contributed by atoms with E-state index in [0.29, 0.717) is 6.07 Å². The van der Waals surface area contributed by atoms with Crippen molar-refractivity contribution < 1.29 is 43.1 Å². The van der Waals surface area contributed by atoms with Crippen molar-refractivity contribution in [1.29, 1.82) is 0 Å². The van der Waals surface area contributed by atoms with E-state index >= 15 is 0 Å². The van der Waals surface area contributed by atoms with E-state index in [4.69, 9.17) is 14.6 Å². The van der Waals surface area contributed by atoms with Crippen LogP contribution in [0.3, 0.4) is 0 Å². The molecule has 124 valence electrons. The van der Waals surface area contributed by atoms with Gasteiger partial charge in [0.25, 0.3) is 0 Å². The molecule has 0 radical (unpaired) electrons.